The fourth-order valence-electron chi connectivity index (χ4n) is 3.14. The highest BCUT2D eigenvalue weighted by Gasteiger charge is 2.32. The summed E-state index contributed by atoms with van der Waals surface area (Å²) in [7, 11) is 1.66. The number of benzene rings is 1. The minimum Gasteiger partial charge on any atom is -0.496 e. The SMILES string of the molecule is COc1ccccc1CCC(=O)N1CCCC1c1n[nH]c(C)n1. The number of H-pyrrole nitrogens is 1. The molecule has 6 heteroatoms. The lowest BCUT2D eigenvalue weighted by Gasteiger charge is -2.22. The Morgan fingerprint density at radius 2 is 2.26 bits per heavy atom. The van der Waals surface area contributed by atoms with Gasteiger partial charge in [0, 0.05) is 13.0 Å². The zero-order valence-corrected chi connectivity index (χ0v) is 13.6. The number of amides is 1. The number of nitrogens with zero attached hydrogens (tertiary/aromatic N) is 3. The van der Waals surface area contributed by atoms with Crippen molar-refractivity contribution in [1.82, 2.24) is 20.1 Å². The van der Waals surface area contributed by atoms with Crippen LogP contribution in [0, 0.1) is 6.92 Å². The number of rotatable bonds is 5. The standard InChI is InChI=1S/C17H22N4O2/c1-12-18-17(20-19-12)14-7-5-11-21(14)16(22)10-9-13-6-3-4-8-15(13)23-2/h3-4,6,8,14H,5,7,9-11H2,1-2H3,(H,18,19,20). The van der Waals surface area contributed by atoms with Crippen LogP contribution in [0.1, 0.15) is 42.5 Å². The molecule has 0 radical (unpaired) electrons. The fourth-order valence-corrected chi connectivity index (χ4v) is 3.14. The second-order valence-electron chi connectivity index (χ2n) is 5.84. The Morgan fingerprint density at radius 3 is 3.00 bits per heavy atom. The molecule has 2 aromatic rings. The van der Waals surface area contributed by atoms with Gasteiger partial charge in [-0.3, -0.25) is 9.89 Å². The van der Waals surface area contributed by atoms with Crippen LogP contribution in [0.3, 0.4) is 0 Å². The number of carbonyl (C=O) groups excluding carboxylic acids is 1. The van der Waals surface area contributed by atoms with Crippen molar-refractivity contribution in [2.24, 2.45) is 0 Å². The molecular weight excluding hydrogens is 292 g/mol. The highest BCUT2D eigenvalue weighted by molar-refractivity contribution is 5.77. The molecule has 1 aliphatic heterocycles. The van der Waals surface area contributed by atoms with Crippen LogP contribution in [-0.4, -0.2) is 39.6 Å². The van der Waals surface area contributed by atoms with E-state index in [1.54, 1.807) is 7.11 Å². The van der Waals surface area contributed by atoms with Crippen molar-refractivity contribution in [3.63, 3.8) is 0 Å². The van der Waals surface area contributed by atoms with Crippen molar-refractivity contribution >= 4 is 5.91 Å². The summed E-state index contributed by atoms with van der Waals surface area (Å²) in [5.74, 6) is 2.50. The van der Waals surface area contributed by atoms with Crippen molar-refractivity contribution < 1.29 is 9.53 Å². The van der Waals surface area contributed by atoms with Gasteiger partial charge in [0.2, 0.25) is 5.91 Å². The molecule has 6 nitrogen and oxygen atoms in total. The Bertz CT molecular complexity index is 683. The number of aromatic nitrogens is 3. The van der Waals surface area contributed by atoms with E-state index in [0.29, 0.717) is 12.8 Å². The second kappa shape index (κ2) is 6.81. The summed E-state index contributed by atoms with van der Waals surface area (Å²) in [4.78, 5) is 18.9. The molecule has 23 heavy (non-hydrogen) atoms. The maximum atomic E-state index is 12.6. The number of carbonyl (C=O) groups is 1. The quantitative estimate of drug-likeness (QED) is 0.920. The number of hydrogen-bond acceptors (Lipinski definition) is 4. The predicted molar refractivity (Wildman–Crippen MR) is 86.1 cm³/mol. The Balaban J connectivity index is 1.65. The number of aryl methyl sites for hydroxylation is 2. The number of hydrogen-bond donors (Lipinski definition) is 1. The number of aromatic amines is 1. The number of likely N-dealkylation sites (tertiary alicyclic amines) is 1. The van der Waals surface area contributed by atoms with Crippen molar-refractivity contribution in [2.75, 3.05) is 13.7 Å². The average molecular weight is 314 g/mol. The summed E-state index contributed by atoms with van der Waals surface area (Å²) in [6.45, 7) is 2.66. The van der Waals surface area contributed by atoms with Gasteiger partial charge in [-0.1, -0.05) is 18.2 Å². The number of methoxy groups -OCH3 is 1. The van der Waals surface area contributed by atoms with Gasteiger partial charge in [0.05, 0.1) is 13.2 Å². The van der Waals surface area contributed by atoms with E-state index in [1.165, 1.54) is 0 Å². The van der Waals surface area contributed by atoms with Gasteiger partial charge in [0.25, 0.3) is 0 Å². The molecule has 0 saturated carbocycles. The third kappa shape index (κ3) is 3.36. The van der Waals surface area contributed by atoms with Crippen LogP contribution in [0.15, 0.2) is 24.3 Å². The molecule has 0 spiro atoms. The summed E-state index contributed by atoms with van der Waals surface area (Å²) < 4.78 is 5.35. The molecular formula is C17H22N4O2. The first-order chi connectivity index (χ1) is 11.2. The van der Waals surface area contributed by atoms with E-state index in [2.05, 4.69) is 15.2 Å². The van der Waals surface area contributed by atoms with Crippen molar-refractivity contribution in [1.29, 1.82) is 0 Å². The average Bonchev–Trinajstić information content (AvgIpc) is 3.21. The molecule has 1 aromatic carbocycles. The minimum absolute atomic E-state index is 0.00474. The highest BCUT2D eigenvalue weighted by atomic mass is 16.5. The first-order valence-electron chi connectivity index (χ1n) is 7.99. The molecule has 3 rings (SSSR count). The molecule has 0 bridgehead atoms. The zero-order chi connectivity index (χ0) is 16.2. The van der Waals surface area contributed by atoms with Crippen LogP contribution in [0.5, 0.6) is 5.75 Å². The van der Waals surface area contributed by atoms with Gasteiger partial charge in [-0.05, 0) is 37.8 Å². The lowest BCUT2D eigenvalue weighted by molar-refractivity contribution is -0.132. The lowest BCUT2D eigenvalue weighted by Crippen LogP contribution is -2.31. The number of ether oxygens (including phenoxy) is 1. The predicted octanol–water partition coefficient (Wildman–Crippen LogP) is 2.42. The largest absolute Gasteiger partial charge is 0.496 e. The van der Waals surface area contributed by atoms with E-state index in [4.69, 9.17) is 4.74 Å². The van der Waals surface area contributed by atoms with Gasteiger partial charge < -0.3 is 9.64 Å². The van der Waals surface area contributed by atoms with Gasteiger partial charge in [-0.15, -0.1) is 0 Å². The maximum Gasteiger partial charge on any atom is 0.223 e. The minimum atomic E-state index is 0.00474. The third-order valence-electron chi connectivity index (χ3n) is 4.29. The molecule has 1 atom stereocenters. The maximum absolute atomic E-state index is 12.6. The van der Waals surface area contributed by atoms with Crippen LogP contribution in [0.2, 0.25) is 0 Å². The summed E-state index contributed by atoms with van der Waals surface area (Å²) in [5, 5.41) is 7.09. The van der Waals surface area contributed by atoms with E-state index < -0.39 is 0 Å². The smallest absolute Gasteiger partial charge is 0.223 e. The monoisotopic (exact) mass is 314 g/mol. The zero-order valence-electron chi connectivity index (χ0n) is 13.6. The molecule has 1 fully saturated rings. The van der Waals surface area contributed by atoms with Crippen LogP contribution in [0.4, 0.5) is 0 Å². The van der Waals surface area contributed by atoms with Gasteiger partial charge in [0.1, 0.15) is 11.6 Å². The highest BCUT2D eigenvalue weighted by Crippen LogP contribution is 2.30. The van der Waals surface area contributed by atoms with Crippen LogP contribution in [-0.2, 0) is 11.2 Å². The van der Waals surface area contributed by atoms with E-state index in [0.717, 1.165) is 42.3 Å². The lowest BCUT2D eigenvalue weighted by atomic mass is 10.1. The van der Waals surface area contributed by atoms with Crippen LogP contribution in [0.25, 0.3) is 0 Å². The molecule has 0 aliphatic carbocycles. The van der Waals surface area contributed by atoms with Gasteiger partial charge in [-0.25, -0.2) is 4.98 Å². The Morgan fingerprint density at radius 1 is 1.43 bits per heavy atom. The first kappa shape index (κ1) is 15.5. The van der Waals surface area contributed by atoms with Gasteiger partial charge in [-0.2, -0.15) is 5.10 Å². The molecule has 1 aliphatic rings. The van der Waals surface area contributed by atoms with Crippen molar-refractivity contribution in [2.45, 2.75) is 38.6 Å². The molecule has 1 aromatic heterocycles. The molecule has 1 N–H and O–H groups in total. The normalized spacial score (nSPS) is 17.5. The third-order valence-corrected chi connectivity index (χ3v) is 4.29. The molecule has 122 valence electrons. The van der Waals surface area contributed by atoms with Crippen LogP contribution >= 0.6 is 0 Å². The van der Waals surface area contributed by atoms with Crippen molar-refractivity contribution in [3.05, 3.63) is 41.5 Å². The van der Waals surface area contributed by atoms with Crippen molar-refractivity contribution in [3.8, 4) is 5.75 Å². The molecule has 1 unspecified atom stereocenters. The van der Waals surface area contributed by atoms with E-state index >= 15 is 0 Å². The van der Waals surface area contributed by atoms with Crippen LogP contribution < -0.4 is 4.74 Å². The topological polar surface area (TPSA) is 71.1 Å². The molecule has 2 heterocycles. The summed E-state index contributed by atoms with van der Waals surface area (Å²) in [6.07, 6.45) is 3.08. The fraction of sp³-hybridized carbons (Fsp3) is 0.471. The van der Waals surface area contributed by atoms with E-state index in [-0.39, 0.29) is 11.9 Å². The summed E-state index contributed by atoms with van der Waals surface area (Å²) in [6, 6.07) is 7.84. The van der Waals surface area contributed by atoms with Gasteiger partial charge in [0.15, 0.2) is 5.82 Å². The molecule has 1 amide bonds. The first-order valence-corrected chi connectivity index (χ1v) is 7.99. The van der Waals surface area contributed by atoms with E-state index in [1.807, 2.05) is 36.1 Å². The Labute approximate surface area is 135 Å². The Hall–Kier alpha value is -2.37. The summed E-state index contributed by atoms with van der Waals surface area (Å²) >= 11 is 0. The molecule has 1 saturated heterocycles. The second-order valence-corrected chi connectivity index (χ2v) is 5.84. The Kier molecular flexibility index (Phi) is 4.60. The number of nitrogens with one attached hydrogen (secondary N) is 1. The van der Waals surface area contributed by atoms with E-state index in [9.17, 15) is 4.79 Å². The number of para-hydroxylation sites is 1. The summed E-state index contributed by atoms with van der Waals surface area (Å²) in [5.41, 5.74) is 1.06. The van der Waals surface area contributed by atoms with Gasteiger partial charge >= 0.3 is 0 Å².